The molecule has 7 nitrogen and oxygen atoms in total. The van der Waals surface area contributed by atoms with Crippen LogP contribution in [0.5, 0.6) is 11.5 Å². The molecule has 4 rings (SSSR count). The van der Waals surface area contributed by atoms with Gasteiger partial charge in [-0.25, -0.2) is 0 Å². The lowest BCUT2D eigenvalue weighted by molar-refractivity contribution is -0.113. The van der Waals surface area contributed by atoms with Crippen molar-refractivity contribution in [3.63, 3.8) is 0 Å². The Morgan fingerprint density at radius 1 is 1.30 bits per heavy atom. The monoisotopic (exact) mass is 404 g/mol. The van der Waals surface area contributed by atoms with Crippen LogP contribution < -0.4 is 20.1 Å². The van der Waals surface area contributed by atoms with Crippen LogP contribution in [0.3, 0.4) is 0 Å². The molecule has 1 aliphatic heterocycles. The molecule has 1 aromatic heterocycles. The molecule has 1 aromatic carbocycles. The molecule has 1 saturated carbocycles. The van der Waals surface area contributed by atoms with Gasteiger partial charge in [0, 0.05) is 31.1 Å². The van der Waals surface area contributed by atoms with Gasteiger partial charge in [-0.15, -0.1) is 16.8 Å². The summed E-state index contributed by atoms with van der Waals surface area (Å²) in [4.78, 5) is 12.2. The summed E-state index contributed by atoms with van der Waals surface area (Å²) >= 11 is 2.77. The minimum atomic E-state index is -0.490. The van der Waals surface area contributed by atoms with Crippen LogP contribution in [-0.2, 0) is 4.79 Å². The number of nitrogens with zero attached hydrogens (tertiary/aromatic N) is 2. The summed E-state index contributed by atoms with van der Waals surface area (Å²) in [5.74, 6) is 1.11. The van der Waals surface area contributed by atoms with Crippen molar-refractivity contribution in [2.24, 2.45) is 0 Å². The van der Waals surface area contributed by atoms with Gasteiger partial charge in [0.05, 0.1) is 5.75 Å². The standard InChI is InChI=1S/C18H20N4O3S2/c1-2-9-19-16-21-22-17(27-16)26-11-15(23)20-12-5-6-13-14(10-12)25-18(24-13)7-3-4-8-18/h2,5-6,10H,1,3-4,7-9,11H2,(H,19,21)(H,20,23). The highest BCUT2D eigenvalue weighted by Crippen LogP contribution is 2.47. The van der Waals surface area contributed by atoms with Gasteiger partial charge in [0.25, 0.3) is 5.79 Å². The molecule has 27 heavy (non-hydrogen) atoms. The van der Waals surface area contributed by atoms with E-state index in [1.807, 2.05) is 18.2 Å². The van der Waals surface area contributed by atoms with E-state index < -0.39 is 5.79 Å². The Kier molecular flexibility index (Phi) is 5.22. The van der Waals surface area contributed by atoms with Crippen LogP contribution in [-0.4, -0.2) is 34.2 Å². The number of hydrogen-bond acceptors (Lipinski definition) is 8. The van der Waals surface area contributed by atoms with Crippen LogP contribution in [0.4, 0.5) is 10.8 Å². The van der Waals surface area contributed by atoms with E-state index in [1.165, 1.54) is 23.1 Å². The van der Waals surface area contributed by atoms with Crippen LogP contribution in [0.2, 0.25) is 0 Å². The molecule has 2 heterocycles. The van der Waals surface area contributed by atoms with E-state index in [2.05, 4.69) is 27.4 Å². The second kappa shape index (κ2) is 7.77. The Balaban J connectivity index is 1.30. The first-order chi connectivity index (χ1) is 13.2. The van der Waals surface area contributed by atoms with Crippen molar-refractivity contribution in [3.8, 4) is 11.5 Å². The molecule has 1 fully saturated rings. The van der Waals surface area contributed by atoms with Gasteiger partial charge >= 0.3 is 0 Å². The summed E-state index contributed by atoms with van der Waals surface area (Å²) in [5.41, 5.74) is 0.698. The lowest BCUT2D eigenvalue weighted by Crippen LogP contribution is -2.34. The van der Waals surface area contributed by atoms with Gasteiger partial charge in [-0.2, -0.15) is 0 Å². The number of amides is 1. The minimum absolute atomic E-state index is 0.106. The quantitative estimate of drug-likeness (QED) is 0.534. The zero-order valence-electron chi connectivity index (χ0n) is 14.7. The first-order valence-electron chi connectivity index (χ1n) is 8.79. The summed E-state index contributed by atoms with van der Waals surface area (Å²) in [6.45, 7) is 4.27. The number of benzene rings is 1. The molecule has 1 aliphatic carbocycles. The third-order valence-electron chi connectivity index (χ3n) is 4.32. The summed E-state index contributed by atoms with van der Waals surface area (Å²) in [6, 6.07) is 5.52. The van der Waals surface area contributed by atoms with Crippen LogP contribution in [0, 0.1) is 0 Å². The van der Waals surface area contributed by atoms with Gasteiger partial charge in [-0.05, 0) is 25.0 Å². The van der Waals surface area contributed by atoms with Crippen molar-refractivity contribution in [2.45, 2.75) is 35.8 Å². The molecule has 0 atom stereocenters. The Morgan fingerprint density at radius 3 is 2.93 bits per heavy atom. The third kappa shape index (κ3) is 4.19. The maximum Gasteiger partial charge on any atom is 0.251 e. The van der Waals surface area contributed by atoms with Gasteiger partial charge < -0.3 is 20.1 Å². The van der Waals surface area contributed by atoms with E-state index in [4.69, 9.17) is 9.47 Å². The van der Waals surface area contributed by atoms with Crippen LogP contribution in [0.1, 0.15) is 25.7 Å². The van der Waals surface area contributed by atoms with Crippen LogP contribution >= 0.6 is 23.1 Å². The van der Waals surface area contributed by atoms with Gasteiger partial charge in [-0.3, -0.25) is 4.79 Å². The number of anilines is 2. The lowest BCUT2D eigenvalue weighted by atomic mass is 10.2. The number of carbonyl (C=O) groups is 1. The number of nitrogens with one attached hydrogen (secondary N) is 2. The number of thioether (sulfide) groups is 1. The highest BCUT2D eigenvalue weighted by Gasteiger charge is 2.44. The maximum absolute atomic E-state index is 12.2. The molecule has 1 spiro atoms. The molecule has 0 unspecified atom stereocenters. The largest absolute Gasteiger partial charge is 0.448 e. The van der Waals surface area contributed by atoms with Crippen molar-refractivity contribution < 1.29 is 14.3 Å². The van der Waals surface area contributed by atoms with Crippen molar-refractivity contribution >= 4 is 39.8 Å². The SMILES string of the molecule is C=CCNc1nnc(SCC(=O)Nc2ccc3c(c2)OC2(CCCC2)O3)s1. The number of hydrogen-bond donors (Lipinski definition) is 2. The number of fused-ring (bicyclic) bond motifs is 1. The number of rotatable bonds is 7. The van der Waals surface area contributed by atoms with E-state index >= 15 is 0 Å². The zero-order valence-corrected chi connectivity index (χ0v) is 16.3. The highest BCUT2D eigenvalue weighted by atomic mass is 32.2. The van der Waals surface area contributed by atoms with Gasteiger partial charge in [-0.1, -0.05) is 29.2 Å². The van der Waals surface area contributed by atoms with Crippen LogP contribution in [0.25, 0.3) is 0 Å². The highest BCUT2D eigenvalue weighted by molar-refractivity contribution is 8.01. The summed E-state index contributed by atoms with van der Waals surface area (Å²) < 4.78 is 12.8. The molecule has 1 amide bonds. The van der Waals surface area contributed by atoms with Gasteiger partial charge in [0.2, 0.25) is 11.0 Å². The smallest absolute Gasteiger partial charge is 0.251 e. The zero-order chi connectivity index (χ0) is 18.7. The molecule has 2 N–H and O–H groups in total. The molecule has 2 aromatic rings. The lowest BCUT2D eigenvalue weighted by Gasteiger charge is -2.21. The Bertz CT molecular complexity index is 849. The molecule has 2 aliphatic rings. The predicted octanol–water partition coefficient (Wildman–Crippen LogP) is 3.91. The Hall–Kier alpha value is -2.26. The van der Waals surface area contributed by atoms with E-state index in [0.717, 1.165) is 40.9 Å². The van der Waals surface area contributed by atoms with Crippen molar-refractivity contribution in [1.82, 2.24) is 10.2 Å². The first kappa shape index (κ1) is 18.1. The van der Waals surface area contributed by atoms with Crippen molar-refractivity contribution in [3.05, 3.63) is 30.9 Å². The molecule has 0 radical (unpaired) electrons. The number of ether oxygens (including phenoxy) is 2. The molecule has 0 saturated heterocycles. The second-order valence-corrected chi connectivity index (χ2v) is 8.56. The van der Waals surface area contributed by atoms with Crippen LogP contribution in [0.15, 0.2) is 35.2 Å². The number of carbonyl (C=O) groups excluding carboxylic acids is 1. The Labute approximate surface area is 165 Å². The van der Waals surface area contributed by atoms with Crippen molar-refractivity contribution in [1.29, 1.82) is 0 Å². The third-order valence-corrected chi connectivity index (χ3v) is 6.33. The Morgan fingerprint density at radius 2 is 2.11 bits per heavy atom. The summed E-state index contributed by atoms with van der Waals surface area (Å²) in [5, 5.41) is 14.8. The topological polar surface area (TPSA) is 85.4 Å². The molecular weight excluding hydrogens is 384 g/mol. The molecule has 9 heteroatoms. The summed E-state index contributed by atoms with van der Waals surface area (Å²) in [7, 11) is 0. The molecule has 0 bridgehead atoms. The van der Waals surface area contributed by atoms with Gasteiger partial charge in [0.1, 0.15) is 0 Å². The average Bonchev–Trinajstić information content (AvgIpc) is 3.38. The number of aromatic nitrogens is 2. The second-order valence-electron chi connectivity index (χ2n) is 6.36. The molecular formula is C18H20N4O3S2. The van der Waals surface area contributed by atoms with E-state index in [0.29, 0.717) is 18.0 Å². The fraction of sp³-hybridized carbons (Fsp3) is 0.389. The maximum atomic E-state index is 12.2. The minimum Gasteiger partial charge on any atom is -0.448 e. The van der Waals surface area contributed by atoms with E-state index in [9.17, 15) is 4.79 Å². The van der Waals surface area contributed by atoms with E-state index in [1.54, 1.807) is 6.08 Å². The average molecular weight is 405 g/mol. The van der Waals surface area contributed by atoms with Gasteiger partial charge in [0.15, 0.2) is 15.8 Å². The fourth-order valence-corrected chi connectivity index (χ4v) is 4.67. The fourth-order valence-electron chi connectivity index (χ4n) is 3.11. The van der Waals surface area contributed by atoms with Crippen molar-refractivity contribution in [2.75, 3.05) is 22.9 Å². The van der Waals surface area contributed by atoms with E-state index in [-0.39, 0.29) is 11.7 Å². The molecule has 142 valence electrons. The normalized spacial score (nSPS) is 16.4. The predicted molar refractivity (Wildman–Crippen MR) is 107 cm³/mol. The summed E-state index contributed by atoms with van der Waals surface area (Å²) in [6.07, 6.45) is 5.80. The first-order valence-corrected chi connectivity index (χ1v) is 10.6.